The van der Waals surface area contributed by atoms with Crippen LogP contribution in [0.3, 0.4) is 0 Å². The van der Waals surface area contributed by atoms with Crippen LogP contribution in [0.2, 0.25) is 0 Å². The highest BCUT2D eigenvalue weighted by Crippen LogP contribution is 2.21. The van der Waals surface area contributed by atoms with Crippen LogP contribution in [-0.2, 0) is 9.59 Å². The van der Waals surface area contributed by atoms with Gasteiger partial charge in [-0.25, -0.2) is 0 Å². The van der Waals surface area contributed by atoms with Crippen LogP contribution in [0.15, 0.2) is 24.3 Å². The fraction of sp³-hybridized carbons (Fsp3) is 0.429. The van der Waals surface area contributed by atoms with Crippen LogP contribution >= 0.6 is 0 Å². The van der Waals surface area contributed by atoms with Gasteiger partial charge in [-0.3, -0.25) is 9.59 Å². The molecule has 0 heterocycles. The number of amides is 1. The van der Waals surface area contributed by atoms with Crippen molar-refractivity contribution in [2.75, 3.05) is 19.1 Å². The summed E-state index contributed by atoms with van der Waals surface area (Å²) in [7, 11) is 3.24. The molecule has 1 atom stereocenters. The van der Waals surface area contributed by atoms with Crippen LogP contribution in [0.1, 0.15) is 19.8 Å². The summed E-state index contributed by atoms with van der Waals surface area (Å²) in [4.78, 5) is 24.1. The molecule has 5 heteroatoms. The van der Waals surface area contributed by atoms with Gasteiger partial charge in [-0.1, -0.05) is 13.0 Å². The number of carbonyl (C=O) groups excluding carboxylic acids is 1. The number of methoxy groups -OCH3 is 1. The maximum atomic E-state index is 12.0. The van der Waals surface area contributed by atoms with Crippen molar-refractivity contribution in [2.45, 2.75) is 19.8 Å². The number of hydrogen-bond acceptors (Lipinski definition) is 3. The van der Waals surface area contributed by atoms with Crippen LogP contribution < -0.4 is 9.64 Å². The van der Waals surface area contributed by atoms with E-state index in [0.29, 0.717) is 5.75 Å². The molecule has 0 bridgehead atoms. The minimum atomic E-state index is -0.885. The van der Waals surface area contributed by atoms with Crippen molar-refractivity contribution >= 4 is 17.6 Å². The first kappa shape index (κ1) is 15.0. The summed E-state index contributed by atoms with van der Waals surface area (Å²) in [6, 6.07) is 7.18. The molecule has 0 aliphatic heterocycles. The van der Waals surface area contributed by atoms with Crippen molar-refractivity contribution < 1.29 is 19.4 Å². The van der Waals surface area contributed by atoms with Crippen molar-refractivity contribution in [3.8, 4) is 5.75 Å². The lowest BCUT2D eigenvalue weighted by atomic mass is 10.0. The lowest BCUT2D eigenvalue weighted by Gasteiger charge is -2.19. The van der Waals surface area contributed by atoms with Gasteiger partial charge in [0.25, 0.3) is 0 Å². The summed E-state index contributed by atoms with van der Waals surface area (Å²) in [5.41, 5.74) is 0.729. The number of carbonyl (C=O) groups is 2. The van der Waals surface area contributed by atoms with Crippen molar-refractivity contribution in [1.82, 2.24) is 0 Å². The van der Waals surface area contributed by atoms with Gasteiger partial charge in [0, 0.05) is 31.6 Å². The topological polar surface area (TPSA) is 66.8 Å². The molecule has 1 amide bonds. The first-order valence-corrected chi connectivity index (χ1v) is 6.06. The maximum absolute atomic E-state index is 12.0. The zero-order valence-electron chi connectivity index (χ0n) is 11.4. The Morgan fingerprint density at radius 1 is 1.37 bits per heavy atom. The number of ether oxygens (including phenoxy) is 1. The minimum Gasteiger partial charge on any atom is -0.497 e. The lowest BCUT2D eigenvalue weighted by molar-refractivity contribution is -0.138. The van der Waals surface area contributed by atoms with Gasteiger partial charge in [-0.2, -0.15) is 0 Å². The summed E-state index contributed by atoms with van der Waals surface area (Å²) in [5, 5.41) is 8.68. The molecule has 1 unspecified atom stereocenters. The number of hydrogen-bond donors (Lipinski definition) is 1. The standard InChI is InChI=1S/C14H19NO4/c1-10(8-14(17)18)7-13(16)15(2)11-5-4-6-12(9-11)19-3/h4-6,9-10H,7-8H2,1-3H3,(H,17,18). The summed E-state index contributed by atoms with van der Waals surface area (Å²) < 4.78 is 5.10. The molecule has 0 fully saturated rings. The summed E-state index contributed by atoms with van der Waals surface area (Å²) >= 11 is 0. The number of anilines is 1. The number of carboxylic acid groups (broad SMARTS) is 1. The van der Waals surface area contributed by atoms with Gasteiger partial charge in [-0.05, 0) is 18.1 Å². The van der Waals surface area contributed by atoms with E-state index >= 15 is 0 Å². The van der Waals surface area contributed by atoms with E-state index in [1.807, 2.05) is 6.07 Å². The Hall–Kier alpha value is -2.04. The van der Waals surface area contributed by atoms with Gasteiger partial charge in [-0.15, -0.1) is 0 Å². The third-order valence-electron chi connectivity index (χ3n) is 2.86. The van der Waals surface area contributed by atoms with Crippen molar-refractivity contribution in [1.29, 1.82) is 0 Å². The Morgan fingerprint density at radius 3 is 2.63 bits per heavy atom. The summed E-state index contributed by atoms with van der Waals surface area (Å²) in [5.74, 6) is -0.500. The second-order valence-corrected chi connectivity index (χ2v) is 4.56. The Balaban J connectivity index is 2.68. The highest BCUT2D eigenvalue weighted by molar-refractivity contribution is 5.93. The molecule has 104 valence electrons. The van der Waals surface area contributed by atoms with Gasteiger partial charge in [0.05, 0.1) is 7.11 Å². The normalized spacial score (nSPS) is 11.7. The largest absolute Gasteiger partial charge is 0.497 e. The molecule has 0 aliphatic carbocycles. The summed E-state index contributed by atoms with van der Waals surface area (Å²) in [6.45, 7) is 1.76. The van der Waals surface area contributed by atoms with Crippen LogP contribution in [0, 0.1) is 5.92 Å². The molecule has 0 aliphatic rings. The Labute approximate surface area is 112 Å². The molecule has 0 radical (unpaired) electrons. The molecule has 0 spiro atoms. The summed E-state index contributed by atoms with van der Waals surface area (Å²) in [6.07, 6.45) is 0.206. The van der Waals surface area contributed by atoms with E-state index in [-0.39, 0.29) is 24.7 Å². The molecule has 5 nitrogen and oxygen atoms in total. The van der Waals surface area contributed by atoms with Crippen LogP contribution in [0.5, 0.6) is 5.75 Å². The average molecular weight is 265 g/mol. The smallest absolute Gasteiger partial charge is 0.303 e. The quantitative estimate of drug-likeness (QED) is 0.856. The van der Waals surface area contributed by atoms with Crippen LogP contribution in [-0.4, -0.2) is 31.1 Å². The van der Waals surface area contributed by atoms with Gasteiger partial charge in [0.1, 0.15) is 5.75 Å². The number of nitrogens with zero attached hydrogens (tertiary/aromatic N) is 1. The average Bonchev–Trinajstić information content (AvgIpc) is 2.36. The molecule has 1 N–H and O–H groups in total. The number of aliphatic carboxylic acids is 1. The Bertz CT molecular complexity index is 459. The number of benzene rings is 1. The molecule has 0 aromatic heterocycles. The monoisotopic (exact) mass is 265 g/mol. The van der Waals surface area contributed by atoms with Crippen LogP contribution in [0.25, 0.3) is 0 Å². The van der Waals surface area contributed by atoms with Crippen molar-refractivity contribution in [3.05, 3.63) is 24.3 Å². The Kier molecular flexibility index (Phi) is 5.36. The van der Waals surface area contributed by atoms with Gasteiger partial charge in [0.15, 0.2) is 0 Å². The van der Waals surface area contributed by atoms with Gasteiger partial charge in [0.2, 0.25) is 5.91 Å². The molecule has 0 saturated carbocycles. The van der Waals surface area contributed by atoms with Gasteiger partial charge >= 0.3 is 5.97 Å². The van der Waals surface area contributed by atoms with E-state index in [2.05, 4.69) is 0 Å². The van der Waals surface area contributed by atoms with E-state index in [4.69, 9.17) is 9.84 Å². The number of carboxylic acids is 1. The van der Waals surface area contributed by atoms with E-state index < -0.39 is 5.97 Å². The van der Waals surface area contributed by atoms with E-state index in [9.17, 15) is 9.59 Å². The van der Waals surface area contributed by atoms with Gasteiger partial charge < -0.3 is 14.7 Å². The lowest BCUT2D eigenvalue weighted by Crippen LogP contribution is -2.28. The first-order chi connectivity index (χ1) is 8.93. The molecule has 0 saturated heterocycles. The molecule has 1 aromatic carbocycles. The first-order valence-electron chi connectivity index (χ1n) is 6.06. The van der Waals surface area contributed by atoms with E-state index in [1.54, 1.807) is 39.3 Å². The number of rotatable bonds is 6. The predicted octanol–water partition coefficient (Wildman–Crippen LogP) is 2.16. The molecule has 1 aromatic rings. The Morgan fingerprint density at radius 2 is 2.05 bits per heavy atom. The second-order valence-electron chi connectivity index (χ2n) is 4.56. The molecular weight excluding hydrogens is 246 g/mol. The van der Waals surface area contributed by atoms with E-state index in [0.717, 1.165) is 5.69 Å². The third-order valence-corrected chi connectivity index (χ3v) is 2.86. The van der Waals surface area contributed by atoms with Crippen molar-refractivity contribution in [2.24, 2.45) is 5.92 Å². The highest BCUT2D eigenvalue weighted by Gasteiger charge is 2.17. The molecule has 1 rings (SSSR count). The van der Waals surface area contributed by atoms with E-state index in [1.165, 1.54) is 4.90 Å². The zero-order valence-corrected chi connectivity index (χ0v) is 11.4. The highest BCUT2D eigenvalue weighted by atomic mass is 16.5. The fourth-order valence-corrected chi connectivity index (χ4v) is 1.77. The fourth-order valence-electron chi connectivity index (χ4n) is 1.77. The minimum absolute atomic E-state index is 0.00229. The maximum Gasteiger partial charge on any atom is 0.303 e. The zero-order chi connectivity index (χ0) is 14.4. The SMILES string of the molecule is COc1cccc(N(C)C(=O)CC(C)CC(=O)O)c1. The third kappa shape index (κ3) is 4.62. The van der Waals surface area contributed by atoms with Crippen LogP contribution in [0.4, 0.5) is 5.69 Å². The van der Waals surface area contributed by atoms with Crippen molar-refractivity contribution in [3.63, 3.8) is 0 Å². The molecule has 19 heavy (non-hydrogen) atoms. The second kappa shape index (κ2) is 6.78. The molecular formula is C14H19NO4. The predicted molar refractivity (Wildman–Crippen MR) is 72.4 cm³/mol.